The Morgan fingerprint density at radius 3 is 2.50 bits per heavy atom. The summed E-state index contributed by atoms with van der Waals surface area (Å²) in [5.41, 5.74) is 0. The molecule has 4 nitrogen and oxygen atoms in total. The Kier molecular flexibility index (Phi) is 9.58. The normalized spacial score (nSPS) is 13.6. The minimum absolute atomic E-state index is 0.0455. The molecule has 0 bridgehead atoms. The van der Waals surface area contributed by atoms with Crippen LogP contribution < -0.4 is 5.32 Å². The molecule has 0 aliphatic carbocycles. The van der Waals surface area contributed by atoms with Gasteiger partial charge in [-0.15, -0.1) is 0 Å². The summed E-state index contributed by atoms with van der Waals surface area (Å²) in [6.45, 7) is 1.80. The number of carbonyl (C=O) groups is 1. The number of alkyl halides is 3. The number of amides is 1. The van der Waals surface area contributed by atoms with Gasteiger partial charge in [0.15, 0.2) is 0 Å². The van der Waals surface area contributed by atoms with Gasteiger partial charge in [-0.05, 0) is 13.3 Å². The number of hydrogen-bond donors (Lipinski definition) is 2. The first kappa shape index (κ1) is 19.2. The molecule has 0 heterocycles. The maximum absolute atomic E-state index is 12.3. The highest BCUT2D eigenvalue weighted by molar-refractivity contribution is 5.78. The zero-order valence-corrected chi connectivity index (χ0v) is 12.2. The largest absolute Gasteiger partial charge is 0.401 e. The van der Waals surface area contributed by atoms with E-state index in [0.29, 0.717) is 0 Å². The van der Waals surface area contributed by atoms with Gasteiger partial charge in [-0.2, -0.15) is 13.2 Å². The average Bonchev–Trinajstić information content (AvgIpc) is 2.26. The summed E-state index contributed by atoms with van der Waals surface area (Å²) in [6.07, 6.45) is -0.413. The molecule has 0 fully saturated rings. The molecule has 0 radical (unpaired) electrons. The highest BCUT2D eigenvalue weighted by Gasteiger charge is 2.31. The van der Waals surface area contributed by atoms with E-state index >= 15 is 0 Å². The third kappa shape index (κ3) is 11.0. The lowest BCUT2D eigenvalue weighted by molar-refractivity contribution is -0.149. The van der Waals surface area contributed by atoms with E-state index in [4.69, 9.17) is 5.11 Å². The van der Waals surface area contributed by atoms with E-state index in [0.717, 1.165) is 30.6 Å². The van der Waals surface area contributed by atoms with Gasteiger partial charge in [-0.3, -0.25) is 9.69 Å². The fraction of sp³-hybridized carbons (Fsp3) is 0.923. The van der Waals surface area contributed by atoms with Gasteiger partial charge in [-0.25, -0.2) is 0 Å². The fourth-order valence-electron chi connectivity index (χ4n) is 1.91. The molecule has 0 aliphatic rings. The van der Waals surface area contributed by atoms with Crippen LogP contribution in [0, 0.1) is 0 Å². The zero-order chi connectivity index (χ0) is 15.6. The summed E-state index contributed by atoms with van der Waals surface area (Å²) in [7, 11) is 0. The molecule has 2 N–H and O–H groups in total. The minimum Gasteiger partial charge on any atom is -0.395 e. The lowest BCUT2D eigenvalue weighted by Crippen LogP contribution is -2.45. The van der Waals surface area contributed by atoms with E-state index in [1.165, 1.54) is 0 Å². The Morgan fingerprint density at radius 1 is 1.35 bits per heavy atom. The van der Waals surface area contributed by atoms with E-state index in [1.54, 1.807) is 0 Å². The van der Waals surface area contributed by atoms with Gasteiger partial charge < -0.3 is 10.4 Å². The summed E-state index contributed by atoms with van der Waals surface area (Å²) in [4.78, 5) is 12.6. The Morgan fingerprint density at radius 2 is 2.00 bits per heavy atom. The van der Waals surface area contributed by atoms with Crippen LogP contribution in [0.2, 0.25) is 0 Å². The molecule has 20 heavy (non-hydrogen) atoms. The second kappa shape index (κ2) is 9.99. The number of hydrogen-bond acceptors (Lipinski definition) is 3. The number of unbranched alkanes of at least 4 members (excludes halogenated alkanes) is 2. The third-order valence-corrected chi connectivity index (χ3v) is 2.83. The SMILES string of the molecule is CCCCCC(C)NC(=O)CN(CCO)CC(F)(F)F. The van der Waals surface area contributed by atoms with Gasteiger partial charge in [0, 0.05) is 12.6 Å². The number of rotatable bonds is 10. The standard InChI is InChI=1S/C13H25F3N2O2/c1-3-4-5-6-11(2)17-12(20)9-18(7-8-19)10-13(14,15)16/h11,19H,3-10H2,1-2H3,(H,17,20). The monoisotopic (exact) mass is 298 g/mol. The summed E-state index contributed by atoms with van der Waals surface area (Å²) in [5.74, 6) is -0.438. The number of carbonyl (C=O) groups excluding carboxylic acids is 1. The van der Waals surface area contributed by atoms with Crippen molar-refractivity contribution in [1.82, 2.24) is 10.2 Å². The lowest BCUT2D eigenvalue weighted by Gasteiger charge is -2.23. The number of nitrogens with zero attached hydrogens (tertiary/aromatic N) is 1. The van der Waals surface area contributed by atoms with Crippen LogP contribution in [0.4, 0.5) is 13.2 Å². The maximum Gasteiger partial charge on any atom is 0.401 e. The van der Waals surface area contributed by atoms with Crippen molar-refractivity contribution in [3.8, 4) is 0 Å². The summed E-state index contributed by atoms with van der Waals surface area (Å²) in [5, 5.41) is 11.4. The predicted molar refractivity (Wildman–Crippen MR) is 71.3 cm³/mol. The summed E-state index contributed by atoms with van der Waals surface area (Å²) in [6, 6.07) is -0.0455. The lowest BCUT2D eigenvalue weighted by atomic mass is 10.1. The van der Waals surface area contributed by atoms with Crippen molar-refractivity contribution in [2.45, 2.75) is 51.7 Å². The number of aliphatic hydroxyl groups excluding tert-OH is 1. The van der Waals surface area contributed by atoms with Crippen LogP contribution in [0.5, 0.6) is 0 Å². The summed E-state index contributed by atoms with van der Waals surface area (Å²) < 4.78 is 36.9. The first-order valence-electron chi connectivity index (χ1n) is 6.97. The van der Waals surface area contributed by atoms with E-state index in [2.05, 4.69) is 12.2 Å². The van der Waals surface area contributed by atoms with Crippen molar-refractivity contribution in [3.05, 3.63) is 0 Å². The Hall–Kier alpha value is -0.820. The quantitative estimate of drug-likeness (QED) is 0.606. The topological polar surface area (TPSA) is 52.6 Å². The maximum atomic E-state index is 12.3. The van der Waals surface area contributed by atoms with Crippen LogP contribution in [0.15, 0.2) is 0 Å². The van der Waals surface area contributed by atoms with Gasteiger partial charge in [-0.1, -0.05) is 26.2 Å². The van der Waals surface area contributed by atoms with Gasteiger partial charge in [0.2, 0.25) is 5.91 Å². The van der Waals surface area contributed by atoms with Crippen molar-refractivity contribution in [2.24, 2.45) is 0 Å². The molecule has 0 saturated carbocycles. The number of halogens is 3. The highest BCUT2D eigenvalue weighted by Crippen LogP contribution is 2.16. The average molecular weight is 298 g/mol. The van der Waals surface area contributed by atoms with Crippen molar-refractivity contribution < 1.29 is 23.1 Å². The van der Waals surface area contributed by atoms with Crippen LogP contribution in [0.25, 0.3) is 0 Å². The second-order valence-electron chi connectivity index (χ2n) is 5.01. The highest BCUT2D eigenvalue weighted by atomic mass is 19.4. The summed E-state index contributed by atoms with van der Waals surface area (Å²) >= 11 is 0. The van der Waals surface area contributed by atoms with Crippen LogP contribution in [-0.2, 0) is 4.79 Å². The fourth-order valence-corrected chi connectivity index (χ4v) is 1.91. The molecule has 1 amide bonds. The van der Waals surface area contributed by atoms with Crippen LogP contribution in [-0.4, -0.2) is 54.4 Å². The zero-order valence-electron chi connectivity index (χ0n) is 12.2. The Bertz CT molecular complexity index is 273. The van der Waals surface area contributed by atoms with E-state index in [-0.39, 0.29) is 19.1 Å². The first-order chi connectivity index (χ1) is 9.28. The Labute approximate surface area is 118 Å². The van der Waals surface area contributed by atoms with E-state index < -0.39 is 25.2 Å². The molecular formula is C13H25F3N2O2. The van der Waals surface area contributed by atoms with Gasteiger partial charge in [0.05, 0.1) is 19.7 Å². The minimum atomic E-state index is -4.37. The third-order valence-electron chi connectivity index (χ3n) is 2.83. The van der Waals surface area contributed by atoms with E-state index in [9.17, 15) is 18.0 Å². The first-order valence-corrected chi connectivity index (χ1v) is 6.97. The molecule has 0 aromatic heterocycles. The smallest absolute Gasteiger partial charge is 0.395 e. The molecular weight excluding hydrogens is 273 g/mol. The van der Waals surface area contributed by atoms with Crippen molar-refractivity contribution >= 4 is 5.91 Å². The molecule has 0 aromatic rings. The van der Waals surface area contributed by atoms with Gasteiger partial charge in [0.25, 0.3) is 0 Å². The predicted octanol–water partition coefficient (Wildman–Crippen LogP) is 1.93. The molecule has 0 rings (SSSR count). The molecule has 0 saturated heterocycles. The molecule has 0 aromatic carbocycles. The molecule has 0 aliphatic heterocycles. The number of aliphatic hydroxyl groups is 1. The molecule has 7 heteroatoms. The Balaban J connectivity index is 4.11. The molecule has 120 valence electrons. The van der Waals surface area contributed by atoms with Gasteiger partial charge >= 0.3 is 6.18 Å². The number of nitrogens with one attached hydrogen (secondary N) is 1. The molecule has 0 spiro atoms. The van der Waals surface area contributed by atoms with Crippen molar-refractivity contribution in [2.75, 3.05) is 26.2 Å². The van der Waals surface area contributed by atoms with Crippen LogP contribution >= 0.6 is 0 Å². The van der Waals surface area contributed by atoms with Crippen molar-refractivity contribution in [3.63, 3.8) is 0 Å². The van der Waals surface area contributed by atoms with Crippen LogP contribution in [0.1, 0.15) is 39.5 Å². The molecule has 1 atom stereocenters. The molecule has 1 unspecified atom stereocenters. The van der Waals surface area contributed by atoms with Crippen LogP contribution in [0.3, 0.4) is 0 Å². The second-order valence-corrected chi connectivity index (χ2v) is 5.01. The van der Waals surface area contributed by atoms with Crippen molar-refractivity contribution in [1.29, 1.82) is 0 Å². The van der Waals surface area contributed by atoms with Gasteiger partial charge in [0.1, 0.15) is 0 Å². The van der Waals surface area contributed by atoms with E-state index in [1.807, 2.05) is 6.92 Å².